The molecule has 0 bridgehead atoms. The molecule has 1 aromatic heterocycles. The van der Waals surface area contributed by atoms with E-state index in [4.69, 9.17) is 0 Å². The molecule has 7 heteroatoms. The molecular weight excluding hydrogens is 298 g/mol. The highest BCUT2D eigenvalue weighted by atomic mass is 32.1. The van der Waals surface area contributed by atoms with Crippen LogP contribution in [0.4, 0.5) is 13.9 Å². The number of carbonyl (C=O) groups is 1. The zero-order valence-corrected chi connectivity index (χ0v) is 11.9. The molecule has 4 nitrogen and oxygen atoms in total. The highest BCUT2D eigenvalue weighted by Gasteiger charge is 2.07. The Hall–Kier alpha value is -2.28. The third kappa shape index (κ3) is 4.64. The van der Waals surface area contributed by atoms with E-state index in [1.807, 2.05) is 6.92 Å². The van der Waals surface area contributed by atoms with Gasteiger partial charge in [-0.15, -0.1) is 11.3 Å². The first-order valence-corrected chi connectivity index (χ1v) is 6.81. The van der Waals surface area contributed by atoms with Crippen molar-refractivity contribution >= 4 is 28.5 Å². The van der Waals surface area contributed by atoms with Crippen LogP contribution in [0.15, 0.2) is 36.5 Å². The Bertz CT molecular complexity index is 656. The molecule has 0 unspecified atom stereocenters. The highest BCUT2D eigenvalue weighted by molar-refractivity contribution is 7.15. The molecule has 0 saturated heterocycles. The number of anilines is 1. The minimum Gasteiger partial charge on any atom is -0.434 e. The van der Waals surface area contributed by atoms with Crippen LogP contribution in [-0.4, -0.2) is 17.5 Å². The lowest BCUT2D eigenvalue weighted by atomic mass is 10.2. The lowest BCUT2D eigenvalue weighted by Crippen LogP contribution is -2.07. The molecule has 110 valence electrons. The summed E-state index contributed by atoms with van der Waals surface area (Å²) in [4.78, 5) is 16.7. The van der Waals surface area contributed by atoms with Gasteiger partial charge in [0, 0.05) is 22.7 Å². The van der Waals surface area contributed by atoms with Crippen LogP contribution in [0.3, 0.4) is 0 Å². The topological polar surface area (TPSA) is 51.2 Å². The molecule has 0 radical (unpaired) electrons. The smallest absolute Gasteiger partial charge is 0.387 e. The van der Waals surface area contributed by atoms with Crippen LogP contribution in [0.5, 0.6) is 5.75 Å². The zero-order valence-electron chi connectivity index (χ0n) is 11.0. The number of rotatable bonds is 5. The van der Waals surface area contributed by atoms with Crippen LogP contribution < -0.4 is 10.1 Å². The summed E-state index contributed by atoms with van der Waals surface area (Å²) < 4.78 is 28.9. The predicted molar refractivity (Wildman–Crippen MR) is 77.6 cm³/mol. The van der Waals surface area contributed by atoms with Crippen molar-refractivity contribution in [1.29, 1.82) is 0 Å². The Morgan fingerprint density at radius 1 is 1.43 bits per heavy atom. The van der Waals surface area contributed by atoms with E-state index in [-0.39, 0.29) is 5.75 Å². The first kappa shape index (κ1) is 15.1. The zero-order chi connectivity index (χ0) is 15.2. The van der Waals surface area contributed by atoms with Gasteiger partial charge in [0.25, 0.3) is 0 Å². The van der Waals surface area contributed by atoms with E-state index in [9.17, 15) is 13.6 Å². The van der Waals surface area contributed by atoms with Crippen LogP contribution in [-0.2, 0) is 4.79 Å². The summed E-state index contributed by atoms with van der Waals surface area (Å²) in [5.41, 5.74) is 0.392. The minimum absolute atomic E-state index is 0.0154. The second-order valence-electron chi connectivity index (χ2n) is 4.01. The number of hydrogen-bond acceptors (Lipinski definition) is 4. The van der Waals surface area contributed by atoms with Gasteiger partial charge in [0.15, 0.2) is 5.13 Å². The van der Waals surface area contributed by atoms with Crippen molar-refractivity contribution in [2.24, 2.45) is 0 Å². The molecular formula is C14H12F2N2O2S. The molecule has 0 aliphatic carbocycles. The fourth-order valence-corrected chi connectivity index (χ4v) is 2.21. The maximum Gasteiger partial charge on any atom is 0.387 e. The lowest BCUT2D eigenvalue weighted by molar-refractivity contribution is -0.111. The maximum absolute atomic E-state index is 12.3. The number of para-hydroxylation sites is 1. The van der Waals surface area contributed by atoms with Gasteiger partial charge in [-0.3, -0.25) is 10.1 Å². The molecule has 0 aliphatic heterocycles. The fourth-order valence-electron chi connectivity index (χ4n) is 1.55. The number of carbonyl (C=O) groups excluding carboxylic acids is 1. The monoisotopic (exact) mass is 310 g/mol. The first-order chi connectivity index (χ1) is 10.0. The number of aromatic nitrogens is 1. The van der Waals surface area contributed by atoms with Gasteiger partial charge in [0.05, 0.1) is 0 Å². The largest absolute Gasteiger partial charge is 0.434 e. The summed E-state index contributed by atoms with van der Waals surface area (Å²) >= 11 is 1.35. The number of hydrogen-bond donors (Lipinski definition) is 1. The van der Waals surface area contributed by atoms with E-state index in [0.29, 0.717) is 10.7 Å². The number of nitrogens with zero attached hydrogens (tertiary/aromatic N) is 1. The minimum atomic E-state index is -2.91. The molecule has 0 fully saturated rings. The molecule has 2 aromatic rings. The standard InChI is InChI=1S/C14H12F2N2O2S/c1-9-8-17-14(21-9)18-12(19)7-6-10-4-2-3-5-11(10)20-13(15)16/h2-8,13H,1H3,(H,17,18,19)/b7-6+. The third-order valence-electron chi connectivity index (χ3n) is 2.40. The van der Waals surface area contributed by atoms with Crippen molar-refractivity contribution in [3.63, 3.8) is 0 Å². The van der Waals surface area contributed by atoms with Gasteiger partial charge >= 0.3 is 6.61 Å². The van der Waals surface area contributed by atoms with Crippen LogP contribution >= 0.6 is 11.3 Å². The molecule has 0 atom stereocenters. The number of nitrogens with one attached hydrogen (secondary N) is 1. The maximum atomic E-state index is 12.3. The summed E-state index contributed by atoms with van der Waals surface area (Å²) in [6, 6.07) is 6.23. The number of halogens is 2. The summed E-state index contributed by atoms with van der Waals surface area (Å²) in [5.74, 6) is -0.377. The van der Waals surface area contributed by atoms with Gasteiger partial charge in [-0.1, -0.05) is 18.2 Å². The Kier molecular flexibility index (Phi) is 4.99. The average molecular weight is 310 g/mol. The fraction of sp³-hybridized carbons (Fsp3) is 0.143. The number of thiazole rings is 1. The molecule has 1 amide bonds. The number of alkyl halides is 2. The normalized spacial score (nSPS) is 11.0. The quantitative estimate of drug-likeness (QED) is 0.857. The first-order valence-electron chi connectivity index (χ1n) is 6.00. The Morgan fingerprint density at radius 3 is 2.86 bits per heavy atom. The molecule has 0 saturated carbocycles. The SMILES string of the molecule is Cc1cnc(NC(=O)/C=C/c2ccccc2OC(F)F)s1. The molecule has 1 heterocycles. The number of amides is 1. The van der Waals surface area contributed by atoms with Crippen molar-refractivity contribution in [2.45, 2.75) is 13.5 Å². The van der Waals surface area contributed by atoms with Gasteiger partial charge in [-0.25, -0.2) is 4.98 Å². The Morgan fingerprint density at radius 2 is 2.19 bits per heavy atom. The molecule has 1 aromatic carbocycles. The van der Waals surface area contributed by atoms with Crippen molar-refractivity contribution in [1.82, 2.24) is 4.98 Å². The van der Waals surface area contributed by atoms with Crippen LogP contribution in [0.1, 0.15) is 10.4 Å². The summed E-state index contributed by atoms with van der Waals surface area (Å²) in [6.45, 7) is -1.03. The number of benzene rings is 1. The summed E-state index contributed by atoms with van der Waals surface area (Å²) in [7, 11) is 0. The molecule has 0 aliphatic rings. The van der Waals surface area contributed by atoms with Crippen LogP contribution in [0, 0.1) is 6.92 Å². The highest BCUT2D eigenvalue weighted by Crippen LogP contribution is 2.22. The lowest BCUT2D eigenvalue weighted by Gasteiger charge is -2.07. The van der Waals surface area contributed by atoms with E-state index in [0.717, 1.165) is 4.88 Å². The third-order valence-corrected chi connectivity index (χ3v) is 3.23. The van der Waals surface area contributed by atoms with Gasteiger partial charge in [-0.2, -0.15) is 8.78 Å². The van der Waals surface area contributed by atoms with Gasteiger partial charge in [0.2, 0.25) is 5.91 Å². The molecule has 21 heavy (non-hydrogen) atoms. The predicted octanol–water partition coefficient (Wildman–Crippen LogP) is 3.70. The summed E-state index contributed by atoms with van der Waals surface area (Å²) in [5, 5.41) is 3.07. The van der Waals surface area contributed by atoms with E-state index in [1.165, 1.54) is 29.6 Å². The van der Waals surface area contributed by atoms with Gasteiger partial charge in [-0.05, 0) is 19.1 Å². The molecule has 0 spiro atoms. The molecule has 1 N–H and O–H groups in total. The number of ether oxygens (including phenoxy) is 1. The second-order valence-corrected chi connectivity index (χ2v) is 5.25. The van der Waals surface area contributed by atoms with Crippen LogP contribution in [0.25, 0.3) is 6.08 Å². The van der Waals surface area contributed by atoms with Gasteiger partial charge < -0.3 is 4.74 Å². The van der Waals surface area contributed by atoms with Crippen molar-refractivity contribution in [2.75, 3.05) is 5.32 Å². The van der Waals surface area contributed by atoms with Gasteiger partial charge in [0.1, 0.15) is 5.75 Å². The number of aryl methyl sites for hydroxylation is 1. The van der Waals surface area contributed by atoms with E-state index >= 15 is 0 Å². The van der Waals surface area contributed by atoms with Crippen molar-refractivity contribution in [3.8, 4) is 5.75 Å². The second kappa shape index (κ2) is 6.94. The van der Waals surface area contributed by atoms with Crippen molar-refractivity contribution < 1.29 is 18.3 Å². The van der Waals surface area contributed by atoms with E-state index < -0.39 is 12.5 Å². The average Bonchev–Trinajstić information content (AvgIpc) is 2.82. The Labute approximate surface area is 124 Å². The molecule has 2 rings (SSSR count). The van der Waals surface area contributed by atoms with Crippen molar-refractivity contribution in [3.05, 3.63) is 47.0 Å². The van der Waals surface area contributed by atoms with E-state index in [1.54, 1.807) is 24.4 Å². The van der Waals surface area contributed by atoms with Crippen LogP contribution in [0.2, 0.25) is 0 Å². The summed E-state index contributed by atoms with van der Waals surface area (Å²) in [6.07, 6.45) is 4.30. The van der Waals surface area contributed by atoms with E-state index in [2.05, 4.69) is 15.0 Å². The Balaban J connectivity index is 2.05.